The average molecular weight is 500 g/mol. The van der Waals surface area contributed by atoms with E-state index in [0.717, 1.165) is 18.2 Å². The highest BCUT2D eigenvalue weighted by atomic mass is 19.1. The minimum atomic E-state index is -1.14. The number of fused-ring (bicyclic) bond motifs is 1. The lowest BCUT2D eigenvalue weighted by Gasteiger charge is -2.35. The Morgan fingerprint density at radius 3 is 2.78 bits per heavy atom. The highest BCUT2D eigenvalue weighted by molar-refractivity contribution is 5.84. The van der Waals surface area contributed by atoms with Crippen molar-refractivity contribution in [1.29, 1.82) is 0 Å². The Morgan fingerprint density at radius 1 is 1.22 bits per heavy atom. The van der Waals surface area contributed by atoms with Gasteiger partial charge in [0, 0.05) is 42.7 Å². The lowest BCUT2D eigenvalue weighted by Crippen LogP contribution is -2.55. The van der Waals surface area contributed by atoms with Crippen LogP contribution < -0.4 is 4.74 Å². The van der Waals surface area contributed by atoms with Gasteiger partial charge in [0.15, 0.2) is 0 Å². The van der Waals surface area contributed by atoms with Gasteiger partial charge in [-0.3, -0.25) is 19.6 Å². The highest BCUT2D eigenvalue weighted by Gasteiger charge is 2.47. The third-order valence-electron chi connectivity index (χ3n) is 6.91. The van der Waals surface area contributed by atoms with E-state index in [1.165, 1.54) is 19.4 Å². The van der Waals surface area contributed by atoms with Gasteiger partial charge < -0.3 is 9.84 Å². The fourth-order valence-electron chi connectivity index (χ4n) is 4.72. The van der Waals surface area contributed by atoms with Crippen molar-refractivity contribution in [2.75, 3.05) is 40.3 Å². The summed E-state index contributed by atoms with van der Waals surface area (Å²) in [5.74, 6) is -1.86. The summed E-state index contributed by atoms with van der Waals surface area (Å²) in [6.45, 7) is 1.48. The molecule has 1 unspecified atom stereocenters. The molecule has 36 heavy (non-hydrogen) atoms. The van der Waals surface area contributed by atoms with Crippen molar-refractivity contribution in [1.82, 2.24) is 14.8 Å². The molecule has 1 aromatic heterocycles. The Balaban J connectivity index is 1.46. The first kappa shape index (κ1) is 25.7. The maximum Gasteiger partial charge on any atom is 0.325 e. The van der Waals surface area contributed by atoms with E-state index in [9.17, 15) is 23.1 Å². The van der Waals surface area contributed by atoms with Gasteiger partial charge in [0.2, 0.25) is 0 Å². The number of aliphatic carboxylic acids is 1. The van der Waals surface area contributed by atoms with Gasteiger partial charge in [-0.2, -0.15) is 0 Å². The van der Waals surface area contributed by atoms with E-state index in [-0.39, 0.29) is 12.1 Å². The quantitative estimate of drug-likeness (QED) is 0.472. The van der Waals surface area contributed by atoms with Crippen molar-refractivity contribution in [2.24, 2.45) is 0 Å². The van der Waals surface area contributed by atoms with Gasteiger partial charge >= 0.3 is 5.97 Å². The average Bonchev–Trinajstić information content (AvgIpc) is 3.30. The number of aromatic nitrogens is 1. The molecule has 4 rings (SSSR count). The smallest absolute Gasteiger partial charge is 0.325 e. The van der Waals surface area contributed by atoms with Gasteiger partial charge in [-0.05, 0) is 56.3 Å². The maximum absolute atomic E-state index is 14.7. The van der Waals surface area contributed by atoms with Gasteiger partial charge in [0.25, 0.3) is 0 Å². The van der Waals surface area contributed by atoms with Crippen LogP contribution in [0.4, 0.5) is 13.2 Å². The summed E-state index contributed by atoms with van der Waals surface area (Å²) in [4.78, 5) is 20.2. The van der Waals surface area contributed by atoms with Crippen LogP contribution in [0.1, 0.15) is 17.5 Å². The summed E-state index contributed by atoms with van der Waals surface area (Å²) >= 11 is 0. The Kier molecular flexibility index (Phi) is 7.61. The zero-order valence-corrected chi connectivity index (χ0v) is 20.2. The van der Waals surface area contributed by atoms with Crippen LogP contribution >= 0.6 is 0 Å². The van der Waals surface area contributed by atoms with Gasteiger partial charge in [-0.1, -0.05) is 12.2 Å². The molecule has 0 radical (unpaired) electrons. The number of carboxylic acids is 1. The van der Waals surface area contributed by atoms with Crippen molar-refractivity contribution < 1.29 is 27.8 Å². The third-order valence-corrected chi connectivity index (χ3v) is 6.91. The second-order valence-corrected chi connectivity index (χ2v) is 9.03. The number of pyridine rings is 1. The zero-order valence-electron chi connectivity index (χ0n) is 20.2. The lowest BCUT2D eigenvalue weighted by molar-refractivity contribution is -0.150. The number of nitrogens with zero attached hydrogens (tertiary/aromatic N) is 3. The summed E-state index contributed by atoms with van der Waals surface area (Å²) in [5, 5.41) is 10.8. The topological polar surface area (TPSA) is 65.9 Å². The summed E-state index contributed by atoms with van der Waals surface area (Å²) in [5.41, 5.74) is 0.0891. The fraction of sp³-hybridized carbons (Fsp3) is 0.333. The molecule has 1 N–H and O–H groups in total. The number of hydrogen-bond donors (Lipinski definition) is 1. The largest absolute Gasteiger partial charge is 0.497 e. The molecule has 0 bridgehead atoms. The van der Waals surface area contributed by atoms with Crippen molar-refractivity contribution >= 4 is 22.9 Å². The number of carbonyl (C=O) groups is 1. The van der Waals surface area contributed by atoms with E-state index in [2.05, 4.69) is 4.98 Å². The number of carboxylic acid groups (broad SMARTS) is 1. The highest BCUT2D eigenvalue weighted by Crippen LogP contribution is 2.30. The van der Waals surface area contributed by atoms with Gasteiger partial charge in [0.1, 0.15) is 28.7 Å². The van der Waals surface area contributed by atoms with Gasteiger partial charge in [-0.25, -0.2) is 13.2 Å². The molecule has 0 amide bonds. The van der Waals surface area contributed by atoms with Crippen LogP contribution in [-0.2, 0) is 11.2 Å². The molecular weight excluding hydrogens is 471 g/mol. The zero-order chi connectivity index (χ0) is 25.9. The minimum Gasteiger partial charge on any atom is -0.497 e. The number of likely N-dealkylation sites (N-methyl/N-ethyl adjacent to an activating group) is 1. The van der Waals surface area contributed by atoms with E-state index < -0.39 is 29.0 Å². The molecule has 1 fully saturated rings. The maximum atomic E-state index is 14.7. The Morgan fingerprint density at radius 2 is 2.03 bits per heavy atom. The molecule has 1 atom stereocenters. The Labute approximate surface area is 207 Å². The third kappa shape index (κ3) is 5.22. The van der Waals surface area contributed by atoms with Crippen LogP contribution in [0, 0.1) is 17.5 Å². The first-order valence-electron chi connectivity index (χ1n) is 11.6. The Bertz CT molecular complexity index is 1300. The Hall–Kier alpha value is -3.43. The number of hydrogen-bond acceptors (Lipinski definition) is 5. The van der Waals surface area contributed by atoms with Crippen molar-refractivity contribution in [2.45, 2.75) is 18.4 Å². The van der Waals surface area contributed by atoms with Crippen LogP contribution in [0.2, 0.25) is 0 Å². The second kappa shape index (κ2) is 10.7. The van der Waals surface area contributed by atoms with Crippen LogP contribution in [-0.4, -0.2) is 71.7 Å². The van der Waals surface area contributed by atoms with Crippen LogP contribution in [0.5, 0.6) is 5.75 Å². The van der Waals surface area contributed by atoms with Crippen LogP contribution in [0.3, 0.4) is 0 Å². The monoisotopic (exact) mass is 499 g/mol. The number of benzene rings is 2. The number of halogens is 3. The van der Waals surface area contributed by atoms with E-state index in [0.29, 0.717) is 54.7 Å². The van der Waals surface area contributed by atoms with Crippen molar-refractivity contribution in [3.63, 3.8) is 0 Å². The molecular formula is C27H28F3N3O3. The molecule has 9 heteroatoms. The fourth-order valence-corrected chi connectivity index (χ4v) is 4.72. The van der Waals surface area contributed by atoms with Crippen LogP contribution in [0.25, 0.3) is 17.0 Å². The normalized spacial score (nSPS) is 18.5. The molecule has 3 aromatic rings. The first-order valence-corrected chi connectivity index (χ1v) is 11.6. The molecule has 0 aliphatic carbocycles. The van der Waals surface area contributed by atoms with Gasteiger partial charge in [0.05, 0.1) is 18.8 Å². The SMILES string of the molecule is COc1ccc2ncc(F)c(CCN(C)C3(C(=O)O)CCN(CC=Cc4cc(F)ccc4F)C3)c2c1. The number of ether oxygens (including phenoxy) is 1. The van der Waals surface area contributed by atoms with E-state index in [1.54, 1.807) is 36.2 Å². The van der Waals surface area contributed by atoms with Gasteiger partial charge in [-0.15, -0.1) is 0 Å². The molecule has 190 valence electrons. The predicted molar refractivity (Wildman–Crippen MR) is 131 cm³/mol. The minimum absolute atomic E-state index is 0.138. The summed E-state index contributed by atoms with van der Waals surface area (Å²) in [6.07, 6.45) is 5.05. The second-order valence-electron chi connectivity index (χ2n) is 9.03. The number of rotatable bonds is 9. The van der Waals surface area contributed by atoms with Crippen LogP contribution in [0.15, 0.2) is 48.7 Å². The van der Waals surface area contributed by atoms with E-state index in [1.807, 2.05) is 4.90 Å². The summed E-state index contributed by atoms with van der Waals surface area (Å²) in [7, 11) is 3.27. The van der Waals surface area contributed by atoms with E-state index in [4.69, 9.17) is 4.74 Å². The predicted octanol–water partition coefficient (Wildman–Crippen LogP) is 4.38. The number of likely N-dealkylation sites (tertiary alicyclic amines) is 1. The molecule has 2 heterocycles. The van der Waals surface area contributed by atoms with E-state index >= 15 is 0 Å². The molecule has 2 aromatic carbocycles. The standard InChI is InChI=1S/C27H28F3N3O3/c1-32(12-9-21-22-15-20(36-2)6-8-25(22)31-16-24(21)30)27(26(34)35)10-13-33(17-27)11-3-4-18-14-19(28)5-7-23(18)29/h3-8,14-16H,9-13,17H2,1-2H3,(H,34,35). The van der Waals surface area contributed by atoms with Crippen molar-refractivity contribution in [3.05, 3.63) is 77.2 Å². The lowest BCUT2D eigenvalue weighted by atomic mass is 9.95. The molecule has 1 saturated heterocycles. The molecule has 0 spiro atoms. The molecule has 0 saturated carbocycles. The molecule has 1 aliphatic heterocycles. The van der Waals surface area contributed by atoms with Crippen molar-refractivity contribution in [3.8, 4) is 5.75 Å². The summed E-state index contributed by atoms with van der Waals surface area (Å²) < 4.78 is 47.2. The first-order chi connectivity index (χ1) is 17.2. The summed E-state index contributed by atoms with van der Waals surface area (Å²) in [6, 6.07) is 8.49. The number of methoxy groups -OCH3 is 1. The molecule has 1 aliphatic rings. The molecule has 6 nitrogen and oxygen atoms in total.